The summed E-state index contributed by atoms with van der Waals surface area (Å²) in [6, 6.07) is 6.46. The van der Waals surface area contributed by atoms with Crippen LogP contribution in [-0.2, 0) is 6.54 Å². The Morgan fingerprint density at radius 2 is 2.10 bits per heavy atom. The highest BCUT2D eigenvalue weighted by Crippen LogP contribution is 2.26. The minimum absolute atomic E-state index is 0.240. The molecule has 0 amide bonds. The lowest BCUT2D eigenvalue weighted by molar-refractivity contribution is 0.153. The van der Waals surface area contributed by atoms with Crippen LogP contribution in [0.1, 0.15) is 42.9 Å². The van der Waals surface area contributed by atoms with E-state index in [1.807, 2.05) is 13.8 Å². The Bertz CT molecular complexity index is 717. The van der Waals surface area contributed by atoms with Crippen molar-refractivity contribution in [3.63, 3.8) is 0 Å². The van der Waals surface area contributed by atoms with Crippen LogP contribution in [0.15, 0.2) is 27.4 Å². The van der Waals surface area contributed by atoms with Crippen LogP contribution in [0.2, 0.25) is 0 Å². The first-order valence-electron chi connectivity index (χ1n) is 7.83. The fraction of sp³-hybridized carbons (Fsp3) is 0.500. The van der Waals surface area contributed by atoms with Gasteiger partial charge in [-0.2, -0.15) is 0 Å². The molecule has 21 heavy (non-hydrogen) atoms. The summed E-state index contributed by atoms with van der Waals surface area (Å²) in [5.74, 6) is 0. The molecule has 3 rings (SSSR count). The quantitative estimate of drug-likeness (QED) is 0.787. The molecule has 1 atom stereocenters. The van der Waals surface area contributed by atoms with Gasteiger partial charge in [0.2, 0.25) is 0 Å². The fourth-order valence-corrected chi connectivity index (χ4v) is 3.27. The predicted molar refractivity (Wildman–Crippen MR) is 85.7 cm³/mol. The lowest BCUT2D eigenvalue weighted by Crippen LogP contribution is -2.36. The maximum atomic E-state index is 11.9. The number of rotatable bonds is 2. The van der Waals surface area contributed by atoms with Gasteiger partial charge in [-0.05, 0) is 56.8 Å². The first-order chi connectivity index (χ1) is 10.1. The van der Waals surface area contributed by atoms with Gasteiger partial charge in [0.1, 0.15) is 5.58 Å². The molecule has 1 saturated heterocycles. The summed E-state index contributed by atoms with van der Waals surface area (Å²) in [6.07, 6.45) is 3.81. The standard InChI is InChI=1S/C18H23NO2/c1-12-7-8-16-15(10-17(20)21-18(16)14(12)3)11-19-9-5-4-6-13(19)2/h7-8,10,13H,4-6,9,11H2,1-3H3/t13-/m0/s1. The van der Waals surface area contributed by atoms with Crippen molar-refractivity contribution in [2.45, 2.75) is 52.6 Å². The maximum Gasteiger partial charge on any atom is 0.336 e. The van der Waals surface area contributed by atoms with Gasteiger partial charge in [0.05, 0.1) is 0 Å². The van der Waals surface area contributed by atoms with Crippen LogP contribution < -0.4 is 5.63 Å². The molecular formula is C18H23NO2. The summed E-state index contributed by atoms with van der Waals surface area (Å²) in [4.78, 5) is 14.4. The van der Waals surface area contributed by atoms with Gasteiger partial charge < -0.3 is 4.42 Å². The van der Waals surface area contributed by atoms with Gasteiger partial charge in [-0.1, -0.05) is 18.6 Å². The second-order valence-corrected chi connectivity index (χ2v) is 6.29. The maximum absolute atomic E-state index is 11.9. The van der Waals surface area contributed by atoms with Crippen molar-refractivity contribution in [3.8, 4) is 0 Å². The molecule has 0 saturated carbocycles. The molecule has 3 heteroatoms. The summed E-state index contributed by atoms with van der Waals surface area (Å²) in [5, 5.41) is 1.08. The molecule has 3 nitrogen and oxygen atoms in total. The summed E-state index contributed by atoms with van der Waals surface area (Å²) < 4.78 is 5.46. The summed E-state index contributed by atoms with van der Waals surface area (Å²) in [5.41, 5.74) is 3.84. The summed E-state index contributed by atoms with van der Waals surface area (Å²) in [7, 11) is 0. The monoisotopic (exact) mass is 285 g/mol. The molecule has 0 N–H and O–H groups in total. The smallest absolute Gasteiger partial charge is 0.336 e. The average Bonchev–Trinajstić information content (AvgIpc) is 2.46. The van der Waals surface area contributed by atoms with Crippen molar-refractivity contribution >= 4 is 11.0 Å². The minimum atomic E-state index is -0.240. The Morgan fingerprint density at radius 3 is 2.86 bits per heavy atom. The number of aryl methyl sites for hydroxylation is 2. The third-order valence-electron chi connectivity index (χ3n) is 4.83. The van der Waals surface area contributed by atoms with Crippen LogP contribution in [-0.4, -0.2) is 17.5 Å². The van der Waals surface area contributed by atoms with E-state index >= 15 is 0 Å². The number of piperidine rings is 1. The Labute approximate surface area is 125 Å². The zero-order chi connectivity index (χ0) is 15.0. The number of benzene rings is 1. The highest BCUT2D eigenvalue weighted by Gasteiger charge is 2.20. The van der Waals surface area contributed by atoms with E-state index in [1.165, 1.54) is 19.3 Å². The average molecular weight is 285 g/mol. The van der Waals surface area contributed by atoms with Crippen molar-refractivity contribution in [2.75, 3.05) is 6.54 Å². The van der Waals surface area contributed by atoms with E-state index in [-0.39, 0.29) is 5.63 Å². The zero-order valence-corrected chi connectivity index (χ0v) is 13.1. The SMILES string of the molecule is Cc1ccc2c(CN3CCCC[C@@H]3C)cc(=O)oc2c1C. The van der Waals surface area contributed by atoms with Crippen molar-refractivity contribution in [1.29, 1.82) is 0 Å². The molecule has 2 heterocycles. The normalized spacial score (nSPS) is 20.0. The molecule has 0 spiro atoms. The molecule has 112 valence electrons. The van der Waals surface area contributed by atoms with Gasteiger partial charge in [-0.15, -0.1) is 0 Å². The van der Waals surface area contributed by atoms with E-state index < -0.39 is 0 Å². The van der Waals surface area contributed by atoms with E-state index in [1.54, 1.807) is 6.07 Å². The molecule has 1 aromatic carbocycles. The van der Waals surface area contributed by atoms with E-state index in [2.05, 4.69) is 24.0 Å². The molecule has 0 bridgehead atoms. The number of nitrogens with zero attached hydrogens (tertiary/aromatic N) is 1. The molecule has 1 aliphatic rings. The zero-order valence-electron chi connectivity index (χ0n) is 13.1. The van der Waals surface area contributed by atoms with Gasteiger partial charge in [-0.3, -0.25) is 4.90 Å². The molecule has 1 fully saturated rings. The van der Waals surface area contributed by atoms with Crippen molar-refractivity contribution in [3.05, 3.63) is 45.3 Å². The lowest BCUT2D eigenvalue weighted by atomic mass is 10.00. The Kier molecular flexibility index (Phi) is 3.85. The van der Waals surface area contributed by atoms with Crippen LogP contribution >= 0.6 is 0 Å². The Hall–Kier alpha value is -1.61. The molecule has 0 radical (unpaired) electrons. The molecule has 1 aliphatic heterocycles. The van der Waals surface area contributed by atoms with Crippen LogP contribution in [0.5, 0.6) is 0 Å². The molecule has 0 aliphatic carbocycles. The molecular weight excluding hydrogens is 262 g/mol. The van der Waals surface area contributed by atoms with E-state index in [4.69, 9.17) is 4.42 Å². The fourth-order valence-electron chi connectivity index (χ4n) is 3.27. The largest absolute Gasteiger partial charge is 0.422 e. The van der Waals surface area contributed by atoms with Crippen molar-refractivity contribution in [1.82, 2.24) is 4.90 Å². The first kappa shape index (κ1) is 14.3. The van der Waals surface area contributed by atoms with Crippen LogP contribution in [0.3, 0.4) is 0 Å². The highest BCUT2D eigenvalue weighted by molar-refractivity contribution is 5.83. The van der Waals surface area contributed by atoms with Crippen LogP contribution in [0.4, 0.5) is 0 Å². The predicted octanol–water partition coefficient (Wildman–Crippen LogP) is 3.78. The van der Waals surface area contributed by atoms with Gasteiger partial charge in [0, 0.05) is 24.0 Å². The van der Waals surface area contributed by atoms with Crippen molar-refractivity contribution < 1.29 is 4.42 Å². The van der Waals surface area contributed by atoms with Gasteiger partial charge >= 0.3 is 5.63 Å². The third-order valence-corrected chi connectivity index (χ3v) is 4.83. The van der Waals surface area contributed by atoms with Gasteiger partial charge in [0.15, 0.2) is 0 Å². The third kappa shape index (κ3) is 2.75. The number of hydrogen-bond acceptors (Lipinski definition) is 3. The summed E-state index contributed by atoms with van der Waals surface area (Å²) >= 11 is 0. The van der Waals surface area contributed by atoms with Crippen molar-refractivity contribution in [2.24, 2.45) is 0 Å². The minimum Gasteiger partial charge on any atom is -0.422 e. The second-order valence-electron chi connectivity index (χ2n) is 6.29. The van der Waals surface area contributed by atoms with Crippen LogP contribution in [0.25, 0.3) is 11.0 Å². The van der Waals surface area contributed by atoms with Crippen LogP contribution in [0, 0.1) is 13.8 Å². The van der Waals surface area contributed by atoms with E-state index in [0.717, 1.165) is 40.7 Å². The number of fused-ring (bicyclic) bond motifs is 1. The van der Waals surface area contributed by atoms with E-state index in [9.17, 15) is 4.79 Å². The molecule has 2 aromatic rings. The second kappa shape index (κ2) is 5.64. The first-order valence-corrected chi connectivity index (χ1v) is 7.83. The Balaban J connectivity index is 2.05. The number of likely N-dealkylation sites (tertiary alicyclic amines) is 1. The number of hydrogen-bond donors (Lipinski definition) is 0. The highest BCUT2D eigenvalue weighted by atomic mass is 16.4. The van der Waals surface area contributed by atoms with E-state index in [0.29, 0.717) is 6.04 Å². The molecule has 0 unspecified atom stereocenters. The topological polar surface area (TPSA) is 33.5 Å². The van der Waals surface area contributed by atoms with Gasteiger partial charge in [0.25, 0.3) is 0 Å². The van der Waals surface area contributed by atoms with Gasteiger partial charge in [-0.25, -0.2) is 4.79 Å². The summed E-state index contributed by atoms with van der Waals surface area (Å²) in [6.45, 7) is 8.31. The lowest BCUT2D eigenvalue weighted by Gasteiger charge is -2.33. The molecule has 1 aromatic heterocycles. The Morgan fingerprint density at radius 1 is 1.29 bits per heavy atom.